The minimum absolute atomic E-state index is 0.564. The first-order chi connectivity index (χ1) is 12.6. The lowest BCUT2D eigenvalue weighted by atomic mass is 10.1. The second kappa shape index (κ2) is 11.8. The molecule has 2 N–H and O–H groups in total. The first-order valence-electron chi connectivity index (χ1n) is 10.8. The molecule has 2 aliphatic rings. The van der Waals surface area contributed by atoms with E-state index < -0.39 is 0 Å². The van der Waals surface area contributed by atoms with E-state index in [1.165, 1.54) is 65.1 Å². The van der Waals surface area contributed by atoms with Gasteiger partial charge in [-0.05, 0) is 45.7 Å². The van der Waals surface area contributed by atoms with Gasteiger partial charge in [0.1, 0.15) is 0 Å². The Bertz CT molecular complexity index is 397. The maximum Gasteiger partial charge on any atom is 0.191 e. The number of hydrogen-bond acceptors (Lipinski definition) is 4. The van der Waals surface area contributed by atoms with Gasteiger partial charge in [-0.3, -0.25) is 4.99 Å². The van der Waals surface area contributed by atoms with Crippen LogP contribution in [0.25, 0.3) is 0 Å². The molecule has 0 aromatic rings. The summed E-state index contributed by atoms with van der Waals surface area (Å²) in [6.07, 6.45) is 3.70. The SMILES string of the molecule is CCCN1CCC(NC(=NCC(C)CN2CCN(C)CC2)NCC)CC1. The van der Waals surface area contributed by atoms with E-state index in [4.69, 9.17) is 4.99 Å². The molecule has 0 amide bonds. The molecule has 6 heteroatoms. The van der Waals surface area contributed by atoms with Gasteiger partial charge in [0.15, 0.2) is 5.96 Å². The highest BCUT2D eigenvalue weighted by Crippen LogP contribution is 2.10. The summed E-state index contributed by atoms with van der Waals surface area (Å²) in [6.45, 7) is 18.2. The number of nitrogens with one attached hydrogen (secondary N) is 2. The maximum absolute atomic E-state index is 4.89. The molecule has 0 aliphatic carbocycles. The van der Waals surface area contributed by atoms with E-state index in [0.29, 0.717) is 12.0 Å². The minimum atomic E-state index is 0.564. The van der Waals surface area contributed by atoms with Crippen LogP contribution in [-0.2, 0) is 0 Å². The Morgan fingerprint density at radius 1 is 1.04 bits per heavy atom. The van der Waals surface area contributed by atoms with Crippen molar-refractivity contribution in [3.05, 3.63) is 0 Å². The lowest BCUT2D eigenvalue weighted by molar-refractivity contribution is 0.140. The van der Waals surface area contributed by atoms with Gasteiger partial charge < -0.3 is 25.3 Å². The highest BCUT2D eigenvalue weighted by Gasteiger charge is 2.20. The summed E-state index contributed by atoms with van der Waals surface area (Å²) in [5.74, 6) is 1.60. The molecular weight excluding hydrogens is 324 g/mol. The van der Waals surface area contributed by atoms with Gasteiger partial charge in [-0.1, -0.05) is 13.8 Å². The van der Waals surface area contributed by atoms with Gasteiger partial charge in [0.2, 0.25) is 0 Å². The number of likely N-dealkylation sites (tertiary alicyclic amines) is 1. The number of rotatable bonds is 8. The summed E-state index contributed by atoms with van der Waals surface area (Å²) < 4.78 is 0. The van der Waals surface area contributed by atoms with Crippen LogP contribution in [0.3, 0.4) is 0 Å². The molecule has 0 aromatic carbocycles. The van der Waals surface area contributed by atoms with Crippen molar-refractivity contribution in [1.29, 1.82) is 0 Å². The zero-order valence-corrected chi connectivity index (χ0v) is 17.6. The lowest BCUT2D eigenvalue weighted by Crippen LogP contribution is -2.49. The van der Waals surface area contributed by atoms with Gasteiger partial charge in [-0.25, -0.2) is 0 Å². The third-order valence-corrected chi connectivity index (χ3v) is 5.54. The fraction of sp³-hybridized carbons (Fsp3) is 0.950. The predicted molar refractivity (Wildman–Crippen MR) is 112 cm³/mol. The fourth-order valence-electron chi connectivity index (χ4n) is 3.91. The van der Waals surface area contributed by atoms with Crippen LogP contribution in [-0.4, -0.2) is 99.2 Å². The van der Waals surface area contributed by atoms with Crippen molar-refractivity contribution in [3.8, 4) is 0 Å². The van der Waals surface area contributed by atoms with Crippen LogP contribution in [0, 0.1) is 5.92 Å². The van der Waals surface area contributed by atoms with Crippen molar-refractivity contribution in [2.45, 2.75) is 46.1 Å². The molecule has 6 nitrogen and oxygen atoms in total. The first kappa shape index (κ1) is 21.5. The Balaban J connectivity index is 1.73. The van der Waals surface area contributed by atoms with E-state index in [-0.39, 0.29) is 0 Å². The van der Waals surface area contributed by atoms with Gasteiger partial charge in [-0.2, -0.15) is 0 Å². The number of guanidine groups is 1. The van der Waals surface area contributed by atoms with Crippen molar-refractivity contribution in [3.63, 3.8) is 0 Å². The monoisotopic (exact) mass is 366 g/mol. The molecule has 2 rings (SSSR count). The lowest BCUT2D eigenvalue weighted by Gasteiger charge is -2.34. The normalized spacial score (nSPS) is 23.2. The van der Waals surface area contributed by atoms with Gasteiger partial charge in [0, 0.05) is 64.9 Å². The Morgan fingerprint density at radius 3 is 2.35 bits per heavy atom. The predicted octanol–water partition coefficient (Wildman–Crippen LogP) is 1.30. The smallest absolute Gasteiger partial charge is 0.191 e. The van der Waals surface area contributed by atoms with Crippen molar-refractivity contribution in [2.24, 2.45) is 10.9 Å². The first-order valence-corrected chi connectivity index (χ1v) is 10.8. The second-order valence-corrected chi connectivity index (χ2v) is 8.19. The standard InChI is InChI=1S/C20H42N6/c1-5-9-25-10-7-19(8-11-25)23-20(21-6-2)22-16-18(3)17-26-14-12-24(4)13-15-26/h18-19H,5-17H2,1-4H3,(H2,21,22,23). The Morgan fingerprint density at radius 2 is 1.73 bits per heavy atom. The van der Waals surface area contributed by atoms with E-state index in [1.807, 2.05) is 0 Å². The van der Waals surface area contributed by atoms with Gasteiger partial charge >= 0.3 is 0 Å². The number of piperazine rings is 1. The van der Waals surface area contributed by atoms with Crippen LogP contribution < -0.4 is 10.6 Å². The van der Waals surface area contributed by atoms with E-state index in [9.17, 15) is 0 Å². The van der Waals surface area contributed by atoms with Crippen molar-refractivity contribution < 1.29 is 0 Å². The van der Waals surface area contributed by atoms with Crippen LogP contribution in [0.5, 0.6) is 0 Å². The molecule has 0 saturated carbocycles. The molecule has 0 radical (unpaired) electrons. The van der Waals surface area contributed by atoms with Crippen molar-refractivity contribution >= 4 is 5.96 Å². The summed E-state index contributed by atoms with van der Waals surface area (Å²) in [7, 11) is 2.21. The molecule has 26 heavy (non-hydrogen) atoms. The van der Waals surface area contributed by atoms with Crippen LogP contribution in [0.1, 0.15) is 40.0 Å². The Kier molecular flexibility index (Phi) is 9.72. The number of aliphatic imine (C=N–C) groups is 1. The van der Waals surface area contributed by atoms with E-state index in [2.05, 4.69) is 53.2 Å². The maximum atomic E-state index is 4.89. The molecule has 2 aliphatic heterocycles. The summed E-state index contributed by atoms with van der Waals surface area (Å²) in [5.41, 5.74) is 0. The molecule has 152 valence electrons. The Labute approximate surface area is 161 Å². The van der Waals surface area contributed by atoms with Gasteiger partial charge in [-0.15, -0.1) is 0 Å². The molecular formula is C20H42N6. The van der Waals surface area contributed by atoms with E-state index >= 15 is 0 Å². The molecule has 0 bridgehead atoms. The van der Waals surface area contributed by atoms with Gasteiger partial charge in [0.25, 0.3) is 0 Å². The quantitative estimate of drug-likeness (QED) is 0.501. The molecule has 2 heterocycles. The van der Waals surface area contributed by atoms with Crippen LogP contribution in [0.15, 0.2) is 4.99 Å². The minimum Gasteiger partial charge on any atom is -0.357 e. The van der Waals surface area contributed by atoms with Crippen LogP contribution in [0.4, 0.5) is 0 Å². The molecule has 1 unspecified atom stereocenters. The number of piperidine rings is 1. The molecule has 1 atom stereocenters. The Hall–Kier alpha value is -0.850. The highest BCUT2D eigenvalue weighted by molar-refractivity contribution is 5.80. The molecule has 0 aromatic heterocycles. The third-order valence-electron chi connectivity index (χ3n) is 5.54. The van der Waals surface area contributed by atoms with E-state index in [1.54, 1.807) is 0 Å². The summed E-state index contributed by atoms with van der Waals surface area (Å²) in [4.78, 5) is 12.5. The summed E-state index contributed by atoms with van der Waals surface area (Å²) in [5, 5.41) is 7.11. The number of nitrogens with zero attached hydrogens (tertiary/aromatic N) is 4. The number of hydrogen-bond donors (Lipinski definition) is 2. The summed E-state index contributed by atoms with van der Waals surface area (Å²) >= 11 is 0. The van der Waals surface area contributed by atoms with E-state index in [0.717, 1.165) is 25.6 Å². The molecule has 2 saturated heterocycles. The average molecular weight is 367 g/mol. The fourth-order valence-corrected chi connectivity index (χ4v) is 3.91. The second-order valence-electron chi connectivity index (χ2n) is 8.19. The van der Waals surface area contributed by atoms with Crippen LogP contribution >= 0.6 is 0 Å². The zero-order valence-electron chi connectivity index (χ0n) is 17.6. The van der Waals surface area contributed by atoms with Crippen LogP contribution in [0.2, 0.25) is 0 Å². The van der Waals surface area contributed by atoms with Gasteiger partial charge in [0.05, 0.1) is 0 Å². The largest absolute Gasteiger partial charge is 0.357 e. The number of likely N-dealkylation sites (N-methyl/N-ethyl adjacent to an activating group) is 1. The highest BCUT2D eigenvalue weighted by atomic mass is 15.2. The molecule has 2 fully saturated rings. The zero-order chi connectivity index (χ0) is 18.8. The van der Waals surface area contributed by atoms with Crippen molar-refractivity contribution in [2.75, 3.05) is 72.5 Å². The topological polar surface area (TPSA) is 46.1 Å². The van der Waals surface area contributed by atoms with Crippen molar-refractivity contribution in [1.82, 2.24) is 25.3 Å². The molecule has 0 spiro atoms. The third kappa shape index (κ3) is 7.80. The average Bonchev–Trinajstić information content (AvgIpc) is 2.64. The summed E-state index contributed by atoms with van der Waals surface area (Å²) in [6, 6.07) is 0.564.